The van der Waals surface area contributed by atoms with E-state index in [0.717, 1.165) is 18.4 Å². The van der Waals surface area contributed by atoms with Crippen molar-refractivity contribution in [3.63, 3.8) is 0 Å². The number of nitrogen functional groups attached to an aromatic ring is 1. The lowest BCUT2D eigenvalue weighted by Crippen LogP contribution is -2.41. The largest absolute Gasteiger partial charge is 0.383 e. The van der Waals surface area contributed by atoms with Gasteiger partial charge in [-0.15, -0.1) is 11.6 Å². The highest BCUT2D eigenvalue weighted by Crippen LogP contribution is 2.20. The van der Waals surface area contributed by atoms with Crippen molar-refractivity contribution >= 4 is 29.0 Å². The molecule has 7 nitrogen and oxygen atoms in total. The number of H-pyrrole nitrogens is 1. The van der Waals surface area contributed by atoms with Gasteiger partial charge in [-0.25, -0.2) is 4.79 Å². The molecule has 0 unspecified atom stereocenters. The fraction of sp³-hybridized carbons (Fsp3) is 0.353. The Balaban J connectivity index is 2.54. The Morgan fingerprint density at radius 3 is 2.56 bits per heavy atom. The Labute approximate surface area is 150 Å². The van der Waals surface area contributed by atoms with Gasteiger partial charge >= 0.3 is 5.69 Å². The summed E-state index contributed by atoms with van der Waals surface area (Å²) in [5.41, 5.74) is 5.55. The van der Waals surface area contributed by atoms with E-state index in [0.29, 0.717) is 6.54 Å². The Hall–Kier alpha value is -2.54. The summed E-state index contributed by atoms with van der Waals surface area (Å²) >= 11 is 5.71. The van der Waals surface area contributed by atoms with Crippen LogP contribution in [-0.4, -0.2) is 21.3 Å². The molecule has 0 fully saturated rings. The molecule has 0 saturated heterocycles. The van der Waals surface area contributed by atoms with Crippen LogP contribution in [0.25, 0.3) is 0 Å². The molecule has 1 amide bonds. The third-order valence-electron chi connectivity index (χ3n) is 3.82. The number of benzene rings is 1. The minimum Gasteiger partial charge on any atom is -0.383 e. The number of hydrogen-bond acceptors (Lipinski definition) is 4. The van der Waals surface area contributed by atoms with Gasteiger partial charge in [0.2, 0.25) is 5.91 Å². The van der Waals surface area contributed by atoms with Crippen LogP contribution >= 0.6 is 11.6 Å². The first kappa shape index (κ1) is 18.8. The lowest BCUT2D eigenvalue weighted by Gasteiger charge is -2.24. The highest BCUT2D eigenvalue weighted by Gasteiger charge is 2.23. The molecular weight excluding hydrogens is 344 g/mol. The lowest BCUT2D eigenvalue weighted by molar-refractivity contribution is -0.116. The monoisotopic (exact) mass is 364 g/mol. The summed E-state index contributed by atoms with van der Waals surface area (Å²) in [5, 5.41) is 0. The second-order valence-electron chi connectivity index (χ2n) is 5.60. The molecule has 1 aromatic carbocycles. The van der Waals surface area contributed by atoms with Crippen molar-refractivity contribution in [3.8, 4) is 0 Å². The Bertz CT molecular complexity index is 845. The number of anilines is 2. The number of hydrogen-bond donors (Lipinski definition) is 2. The molecule has 0 radical (unpaired) electrons. The van der Waals surface area contributed by atoms with Crippen LogP contribution in [0.1, 0.15) is 25.3 Å². The minimum absolute atomic E-state index is 0.0309. The number of unbranched alkanes of at least 4 members (excludes halogenated alkanes) is 1. The zero-order chi connectivity index (χ0) is 18.4. The van der Waals surface area contributed by atoms with E-state index < -0.39 is 17.2 Å². The average Bonchev–Trinajstić information content (AvgIpc) is 2.60. The van der Waals surface area contributed by atoms with Crippen molar-refractivity contribution < 1.29 is 4.79 Å². The van der Waals surface area contributed by atoms with Crippen LogP contribution in [-0.2, 0) is 17.9 Å². The van der Waals surface area contributed by atoms with Crippen molar-refractivity contribution in [1.82, 2.24) is 9.55 Å². The summed E-state index contributed by atoms with van der Waals surface area (Å²) in [7, 11) is 0. The Kier molecular flexibility index (Phi) is 6.41. The maximum absolute atomic E-state index is 12.4. The molecule has 0 spiro atoms. The van der Waals surface area contributed by atoms with E-state index in [9.17, 15) is 14.4 Å². The van der Waals surface area contributed by atoms with Crippen molar-refractivity contribution in [2.75, 3.05) is 16.5 Å². The molecule has 0 bridgehead atoms. The van der Waals surface area contributed by atoms with Gasteiger partial charge in [0.25, 0.3) is 5.56 Å². The van der Waals surface area contributed by atoms with Gasteiger partial charge < -0.3 is 5.73 Å². The normalized spacial score (nSPS) is 10.6. The highest BCUT2D eigenvalue weighted by atomic mass is 35.5. The number of aromatic nitrogens is 2. The summed E-state index contributed by atoms with van der Waals surface area (Å²) in [6.07, 6.45) is 1.58. The van der Waals surface area contributed by atoms with Gasteiger partial charge in [0.1, 0.15) is 11.7 Å². The predicted octanol–water partition coefficient (Wildman–Crippen LogP) is 1.69. The van der Waals surface area contributed by atoms with E-state index in [1.807, 2.05) is 37.3 Å². The molecule has 0 saturated carbocycles. The number of nitrogens with one attached hydrogen (secondary N) is 1. The van der Waals surface area contributed by atoms with Gasteiger partial charge in [0.05, 0.1) is 6.54 Å². The zero-order valence-corrected chi connectivity index (χ0v) is 14.8. The van der Waals surface area contributed by atoms with Crippen molar-refractivity contribution in [2.45, 2.75) is 32.9 Å². The molecule has 1 heterocycles. The number of halogens is 1. The first-order valence-corrected chi connectivity index (χ1v) is 8.55. The van der Waals surface area contributed by atoms with E-state index in [2.05, 4.69) is 4.98 Å². The number of nitrogens with two attached hydrogens (primary N) is 1. The fourth-order valence-corrected chi connectivity index (χ4v) is 2.65. The summed E-state index contributed by atoms with van der Waals surface area (Å²) in [6.45, 7) is 2.47. The van der Waals surface area contributed by atoms with Gasteiger partial charge in [-0.3, -0.25) is 24.0 Å². The number of alkyl halides is 1. The summed E-state index contributed by atoms with van der Waals surface area (Å²) < 4.78 is 1.28. The quantitative estimate of drug-likeness (QED) is 0.730. The zero-order valence-electron chi connectivity index (χ0n) is 14.0. The predicted molar refractivity (Wildman–Crippen MR) is 99.0 cm³/mol. The molecule has 8 heteroatoms. The van der Waals surface area contributed by atoms with Crippen LogP contribution in [0, 0.1) is 0 Å². The van der Waals surface area contributed by atoms with Gasteiger partial charge in [0.15, 0.2) is 5.69 Å². The molecule has 2 rings (SSSR count). The maximum Gasteiger partial charge on any atom is 0.330 e. The van der Waals surface area contributed by atoms with E-state index in [1.54, 1.807) is 0 Å². The Morgan fingerprint density at radius 2 is 1.96 bits per heavy atom. The third kappa shape index (κ3) is 4.30. The second kappa shape index (κ2) is 8.53. The van der Waals surface area contributed by atoms with Crippen LogP contribution in [0.3, 0.4) is 0 Å². The van der Waals surface area contributed by atoms with Gasteiger partial charge in [-0.1, -0.05) is 43.7 Å². The molecule has 0 aliphatic heterocycles. The number of nitrogens with zero attached hydrogens (tertiary/aromatic N) is 2. The first-order chi connectivity index (χ1) is 12.0. The van der Waals surface area contributed by atoms with Crippen LogP contribution in [0.2, 0.25) is 0 Å². The number of carbonyl (C=O) groups is 1. The number of carbonyl (C=O) groups excluding carboxylic acids is 1. The standard InChI is InChI=1S/C17H21ClN4O3/c1-2-3-9-21-15(19)14(16(24)20-17(21)25)22(13(23)10-18)11-12-7-5-4-6-8-12/h4-8H,2-3,9-11,19H2,1H3,(H,20,24,25). The van der Waals surface area contributed by atoms with Crippen molar-refractivity contribution in [3.05, 3.63) is 56.7 Å². The summed E-state index contributed by atoms with van der Waals surface area (Å²) in [4.78, 5) is 40.2. The van der Waals surface area contributed by atoms with Crippen LogP contribution in [0.5, 0.6) is 0 Å². The molecule has 1 aromatic heterocycles. The number of rotatable bonds is 7. The molecular formula is C17H21ClN4O3. The van der Waals surface area contributed by atoms with E-state index in [1.165, 1.54) is 9.47 Å². The second-order valence-corrected chi connectivity index (χ2v) is 5.86. The van der Waals surface area contributed by atoms with Gasteiger partial charge in [-0.2, -0.15) is 0 Å². The smallest absolute Gasteiger partial charge is 0.330 e. The molecule has 0 aliphatic carbocycles. The highest BCUT2D eigenvalue weighted by molar-refractivity contribution is 6.29. The topological polar surface area (TPSA) is 101 Å². The first-order valence-electron chi connectivity index (χ1n) is 8.02. The van der Waals surface area contributed by atoms with E-state index >= 15 is 0 Å². The molecule has 2 aromatic rings. The summed E-state index contributed by atoms with van der Waals surface area (Å²) in [5.74, 6) is -0.806. The Morgan fingerprint density at radius 1 is 1.28 bits per heavy atom. The van der Waals surface area contributed by atoms with Crippen LogP contribution < -0.4 is 21.9 Å². The fourth-order valence-electron chi connectivity index (χ4n) is 2.51. The number of aromatic amines is 1. The third-order valence-corrected chi connectivity index (χ3v) is 4.05. The van der Waals surface area contributed by atoms with Gasteiger partial charge in [-0.05, 0) is 12.0 Å². The molecule has 134 valence electrons. The minimum atomic E-state index is -0.704. The van der Waals surface area contributed by atoms with Gasteiger partial charge in [0, 0.05) is 6.54 Å². The van der Waals surface area contributed by atoms with Crippen molar-refractivity contribution in [2.24, 2.45) is 0 Å². The van der Waals surface area contributed by atoms with Crippen LogP contribution in [0.15, 0.2) is 39.9 Å². The lowest BCUT2D eigenvalue weighted by atomic mass is 10.2. The van der Waals surface area contributed by atoms with Crippen molar-refractivity contribution in [1.29, 1.82) is 0 Å². The summed E-state index contributed by atoms with van der Waals surface area (Å²) in [6, 6.07) is 9.16. The number of amides is 1. The molecule has 25 heavy (non-hydrogen) atoms. The maximum atomic E-state index is 12.4. The molecule has 3 N–H and O–H groups in total. The molecule has 0 aliphatic rings. The van der Waals surface area contributed by atoms with E-state index in [-0.39, 0.29) is 23.9 Å². The van der Waals surface area contributed by atoms with Crippen LogP contribution in [0.4, 0.5) is 11.5 Å². The SMILES string of the molecule is CCCCn1c(N)c(N(Cc2ccccc2)C(=O)CCl)c(=O)[nH]c1=O. The van der Waals surface area contributed by atoms with E-state index in [4.69, 9.17) is 17.3 Å². The average molecular weight is 365 g/mol. The molecule has 0 atom stereocenters.